The predicted octanol–water partition coefficient (Wildman–Crippen LogP) is 4.45. The lowest BCUT2D eigenvalue weighted by Crippen LogP contribution is -2.08. The SMILES string of the molecule is Cc1cccc(Nc2nncc(Nc3ccccc3OC(C)C)n2)c1. The van der Waals surface area contributed by atoms with Gasteiger partial charge >= 0.3 is 0 Å². The highest BCUT2D eigenvalue weighted by Crippen LogP contribution is 2.27. The van der Waals surface area contributed by atoms with E-state index < -0.39 is 0 Å². The van der Waals surface area contributed by atoms with E-state index in [2.05, 4.69) is 25.8 Å². The van der Waals surface area contributed by atoms with Gasteiger partial charge in [0.05, 0.1) is 18.0 Å². The average Bonchev–Trinajstić information content (AvgIpc) is 2.57. The Morgan fingerprint density at radius 2 is 1.84 bits per heavy atom. The Labute approximate surface area is 147 Å². The van der Waals surface area contributed by atoms with Crippen LogP contribution in [-0.4, -0.2) is 21.3 Å². The largest absolute Gasteiger partial charge is 0.489 e. The molecule has 0 saturated heterocycles. The molecule has 3 aromatic rings. The molecule has 1 aromatic heterocycles. The van der Waals surface area contributed by atoms with Crippen molar-refractivity contribution in [3.63, 3.8) is 0 Å². The monoisotopic (exact) mass is 335 g/mol. The van der Waals surface area contributed by atoms with E-state index in [9.17, 15) is 0 Å². The zero-order valence-corrected chi connectivity index (χ0v) is 14.5. The van der Waals surface area contributed by atoms with Crippen LogP contribution in [-0.2, 0) is 0 Å². The average molecular weight is 335 g/mol. The standard InChI is InChI=1S/C19H21N5O/c1-13(2)25-17-10-5-4-9-16(17)22-18-12-20-24-19(23-18)21-15-8-6-7-14(3)11-15/h4-13H,1-3H3,(H2,21,22,23,24). The van der Waals surface area contributed by atoms with E-state index in [0.717, 1.165) is 22.7 Å². The van der Waals surface area contributed by atoms with Crippen LogP contribution in [0.2, 0.25) is 0 Å². The van der Waals surface area contributed by atoms with Crippen LogP contribution in [0.5, 0.6) is 5.75 Å². The summed E-state index contributed by atoms with van der Waals surface area (Å²) < 4.78 is 5.81. The summed E-state index contributed by atoms with van der Waals surface area (Å²) in [5.41, 5.74) is 2.91. The summed E-state index contributed by atoms with van der Waals surface area (Å²) in [5.74, 6) is 1.78. The summed E-state index contributed by atoms with van der Waals surface area (Å²) in [6.45, 7) is 6.02. The Balaban J connectivity index is 1.78. The van der Waals surface area contributed by atoms with E-state index in [1.54, 1.807) is 6.20 Å². The van der Waals surface area contributed by atoms with Crippen LogP contribution in [0.3, 0.4) is 0 Å². The summed E-state index contributed by atoms with van der Waals surface area (Å²) in [7, 11) is 0. The number of rotatable bonds is 6. The zero-order chi connectivity index (χ0) is 17.6. The van der Waals surface area contributed by atoms with E-state index >= 15 is 0 Å². The highest BCUT2D eigenvalue weighted by Gasteiger charge is 2.07. The van der Waals surface area contributed by atoms with E-state index in [-0.39, 0.29) is 6.10 Å². The normalized spacial score (nSPS) is 10.6. The lowest BCUT2D eigenvalue weighted by molar-refractivity contribution is 0.244. The van der Waals surface area contributed by atoms with Crippen molar-refractivity contribution in [1.82, 2.24) is 15.2 Å². The molecule has 0 unspecified atom stereocenters. The first kappa shape index (κ1) is 16.7. The van der Waals surface area contributed by atoms with Crippen molar-refractivity contribution >= 4 is 23.1 Å². The minimum atomic E-state index is 0.0880. The van der Waals surface area contributed by atoms with Crippen LogP contribution in [0.4, 0.5) is 23.1 Å². The molecule has 0 saturated carbocycles. The van der Waals surface area contributed by atoms with Crippen LogP contribution < -0.4 is 15.4 Å². The van der Waals surface area contributed by atoms with Gasteiger partial charge in [0, 0.05) is 5.69 Å². The summed E-state index contributed by atoms with van der Waals surface area (Å²) in [5, 5.41) is 14.4. The van der Waals surface area contributed by atoms with E-state index in [4.69, 9.17) is 4.74 Å². The van der Waals surface area contributed by atoms with Gasteiger partial charge in [0.15, 0.2) is 5.82 Å². The fourth-order valence-corrected chi connectivity index (χ4v) is 2.33. The number of ether oxygens (including phenoxy) is 1. The fourth-order valence-electron chi connectivity index (χ4n) is 2.33. The number of hydrogen-bond acceptors (Lipinski definition) is 6. The summed E-state index contributed by atoms with van der Waals surface area (Å²) in [4.78, 5) is 4.46. The van der Waals surface area contributed by atoms with Crippen LogP contribution in [0.15, 0.2) is 54.7 Å². The van der Waals surface area contributed by atoms with Crippen molar-refractivity contribution in [3.8, 4) is 5.75 Å². The first-order valence-corrected chi connectivity index (χ1v) is 8.16. The first-order chi connectivity index (χ1) is 12.1. The van der Waals surface area contributed by atoms with E-state index in [1.807, 2.05) is 69.3 Å². The highest BCUT2D eigenvalue weighted by molar-refractivity contribution is 5.64. The Morgan fingerprint density at radius 1 is 1.00 bits per heavy atom. The number of para-hydroxylation sites is 2. The topological polar surface area (TPSA) is 72.0 Å². The third-order valence-corrected chi connectivity index (χ3v) is 3.35. The molecule has 0 spiro atoms. The highest BCUT2D eigenvalue weighted by atomic mass is 16.5. The molecule has 6 nitrogen and oxygen atoms in total. The lowest BCUT2D eigenvalue weighted by Gasteiger charge is -2.15. The van der Waals surface area contributed by atoms with Gasteiger partial charge < -0.3 is 15.4 Å². The van der Waals surface area contributed by atoms with Crippen molar-refractivity contribution in [1.29, 1.82) is 0 Å². The first-order valence-electron chi connectivity index (χ1n) is 8.16. The number of aryl methyl sites for hydroxylation is 1. The number of hydrogen-bond donors (Lipinski definition) is 2. The van der Waals surface area contributed by atoms with Gasteiger partial charge in [0.25, 0.3) is 0 Å². The van der Waals surface area contributed by atoms with E-state index in [1.165, 1.54) is 0 Å². The van der Waals surface area contributed by atoms with Crippen molar-refractivity contribution in [2.75, 3.05) is 10.6 Å². The number of nitrogens with zero attached hydrogens (tertiary/aromatic N) is 3. The molecule has 0 amide bonds. The van der Waals surface area contributed by atoms with Crippen molar-refractivity contribution < 1.29 is 4.74 Å². The maximum atomic E-state index is 5.81. The van der Waals surface area contributed by atoms with Gasteiger partial charge in [-0.3, -0.25) is 0 Å². The number of anilines is 4. The number of aromatic nitrogens is 3. The fraction of sp³-hybridized carbons (Fsp3) is 0.211. The van der Waals surface area contributed by atoms with Gasteiger partial charge in [0.1, 0.15) is 5.75 Å². The molecule has 6 heteroatoms. The summed E-state index contributed by atoms with van der Waals surface area (Å²) in [6, 6.07) is 15.7. The van der Waals surface area contributed by atoms with Gasteiger partial charge in [-0.05, 0) is 50.6 Å². The second kappa shape index (κ2) is 7.61. The van der Waals surface area contributed by atoms with Crippen molar-refractivity contribution in [3.05, 3.63) is 60.3 Å². The lowest BCUT2D eigenvalue weighted by atomic mass is 10.2. The van der Waals surface area contributed by atoms with Crippen molar-refractivity contribution in [2.45, 2.75) is 26.9 Å². The molecule has 0 aliphatic heterocycles. The Hall–Kier alpha value is -3.15. The molecule has 0 aliphatic rings. The zero-order valence-electron chi connectivity index (χ0n) is 14.5. The van der Waals surface area contributed by atoms with Gasteiger partial charge in [-0.25, -0.2) is 0 Å². The molecule has 2 N–H and O–H groups in total. The Bertz CT molecular complexity index is 850. The smallest absolute Gasteiger partial charge is 0.249 e. The molecular weight excluding hydrogens is 314 g/mol. The molecule has 0 radical (unpaired) electrons. The van der Waals surface area contributed by atoms with Crippen LogP contribution >= 0.6 is 0 Å². The third kappa shape index (κ3) is 4.67. The maximum absolute atomic E-state index is 5.81. The molecule has 3 rings (SSSR count). The van der Waals surface area contributed by atoms with Crippen LogP contribution in [0.25, 0.3) is 0 Å². The quantitative estimate of drug-likeness (QED) is 0.693. The van der Waals surface area contributed by atoms with Crippen molar-refractivity contribution in [2.24, 2.45) is 0 Å². The van der Waals surface area contributed by atoms with Gasteiger partial charge in [-0.1, -0.05) is 24.3 Å². The molecule has 0 atom stereocenters. The van der Waals surface area contributed by atoms with Gasteiger partial charge in [0.2, 0.25) is 5.95 Å². The molecule has 0 fully saturated rings. The minimum Gasteiger partial charge on any atom is -0.489 e. The van der Waals surface area contributed by atoms with Gasteiger partial charge in [-0.15, -0.1) is 5.10 Å². The second-order valence-corrected chi connectivity index (χ2v) is 5.95. The van der Waals surface area contributed by atoms with E-state index in [0.29, 0.717) is 11.8 Å². The third-order valence-electron chi connectivity index (χ3n) is 3.35. The van der Waals surface area contributed by atoms with Crippen LogP contribution in [0.1, 0.15) is 19.4 Å². The minimum absolute atomic E-state index is 0.0880. The Kier molecular flexibility index (Phi) is 5.09. The molecule has 2 aromatic carbocycles. The molecular formula is C19H21N5O. The van der Waals surface area contributed by atoms with Gasteiger partial charge in [-0.2, -0.15) is 10.1 Å². The maximum Gasteiger partial charge on any atom is 0.249 e. The summed E-state index contributed by atoms with van der Waals surface area (Å²) >= 11 is 0. The molecule has 1 heterocycles. The molecule has 25 heavy (non-hydrogen) atoms. The Morgan fingerprint density at radius 3 is 2.64 bits per heavy atom. The summed E-state index contributed by atoms with van der Waals surface area (Å²) in [6.07, 6.45) is 1.66. The molecule has 128 valence electrons. The number of benzene rings is 2. The molecule has 0 bridgehead atoms. The number of nitrogens with one attached hydrogen (secondary N) is 2. The predicted molar refractivity (Wildman–Crippen MR) is 99.8 cm³/mol. The molecule has 0 aliphatic carbocycles. The second-order valence-electron chi connectivity index (χ2n) is 5.95. The van der Waals surface area contributed by atoms with Crippen LogP contribution in [0, 0.1) is 6.92 Å².